The normalized spacial score (nSPS) is 17.9. The first-order chi connectivity index (χ1) is 11.8. The monoisotopic (exact) mass is 418 g/mol. The van der Waals surface area contributed by atoms with E-state index in [1.54, 1.807) is 6.07 Å². The molecule has 0 saturated heterocycles. The molecule has 0 radical (unpaired) electrons. The van der Waals surface area contributed by atoms with E-state index in [1.807, 2.05) is 4.57 Å². The number of rotatable bonds is 4. The summed E-state index contributed by atoms with van der Waals surface area (Å²) in [6.07, 6.45) is 0.0361. The van der Waals surface area contributed by atoms with Crippen molar-refractivity contribution in [2.75, 3.05) is 20.4 Å². The van der Waals surface area contributed by atoms with Crippen LogP contribution in [0.25, 0.3) is 11.4 Å². The Morgan fingerprint density at radius 2 is 2.20 bits per heavy atom. The summed E-state index contributed by atoms with van der Waals surface area (Å²) in [5.41, 5.74) is 1.33. The number of hydrogen-bond donors (Lipinski definition) is 0. The van der Waals surface area contributed by atoms with Crippen molar-refractivity contribution in [2.24, 2.45) is 0 Å². The Morgan fingerprint density at radius 1 is 1.44 bits per heavy atom. The molecule has 1 aromatic heterocycles. The van der Waals surface area contributed by atoms with E-state index in [2.05, 4.69) is 20.9 Å². The van der Waals surface area contributed by atoms with Crippen LogP contribution < -0.4 is 4.74 Å². The van der Waals surface area contributed by atoms with Crippen molar-refractivity contribution >= 4 is 15.9 Å². The predicted molar refractivity (Wildman–Crippen MR) is 90.9 cm³/mol. The lowest BCUT2D eigenvalue weighted by Crippen LogP contribution is -2.21. The molecule has 1 atom stereocenters. The zero-order chi connectivity index (χ0) is 18.2. The fourth-order valence-corrected chi connectivity index (χ4v) is 3.56. The fourth-order valence-electron chi connectivity index (χ4n) is 2.98. The minimum absolute atomic E-state index is 0.0883. The number of methoxy groups -OCH3 is 1. The van der Waals surface area contributed by atoms with Gasteiger partial charge in [-0.15, -0.1) is 0 Å². The van der Waals surface area contributed by atoms with E-state index in [0.717, 1.165) is 12.6 Å². The third-order valence-electron chi connectivity index (χ3n) is 4.21. The van der Waals surface area contributed by atoms with E-state index in [9.17, 15) is 13.2 Å². The van der Waals surface area contributed by atoms with Crippen LogP contribution >= 0.6 is 15.9 Å². The maximum absolute atomic E-state index is 13.7. The van der Waals surface area contributed by atoms with E-state index in [-0.39, 0.29) is 11.3 Å². The van der Waals surface area contributed by atoms with E-state index < -0.39 is 18.7 Å². The summed E-state index contributed by atoms with van der Waals surface area (Å²) < 4.78 is 53.7. The first kappa shape index (κ1) is 18.3. The number of aromatic nitrogens is 2. The standard InChI is InChI=1S/C17H18BrF3N2O2/c1-17(20,21)12-4-3-10(7-14(12)24-2)16-22-15(18)13-5-6-25-11(8-19)9-23(13)16/h3-4,7,11H,5-6,8-9H2,1-2H3/t11-/m1/s1. The lowest BCUT2D eigenvalue weighted by Gasteiger charge is -2.17. The number of ether oxygens (including phenoxy) is 2. The van der Waals surface area contributed by atoms with Crippen molar-refractivity contribution in [2.45, 2.75) is 31.9 Å². The highest BCUT2D eigenvalue weighted by molar-refractivity contribution is 9.10. The summed E-state index contributed by atoms with van der Waals surface area (Å²) in [6.45, 7) is 0.946. The fraction of sp³-hybridized carbons (Fsp3) is 0.471. The zero-order valence-electron chi connectivity index (χ0n) is 13.9. The maximum Gasteiger partial charge on any atom is 0.274 e. The smallest absolute Gasteiger partial charge is 0.274 e. The van der Waals surface area contributed by atoms with Crippen LogP contribution in [0.15, 0.2) is 22.8 Å². The minimum atomic E-state index is -3.01. The summed E-state index contributed by atoms with van der Waals surface area (Å²) in [4.78, 5) is 4.50. The van der Waals surface area contributed by atoms with Crippen LogP contribution in [0.2, 0.25) is 0 Å². The summed E-state index contributed by atoms with van der Waals surface area (Å²) in [6, 6.07) is 4.45. The molecule has 0 bridgehead atoms. The van der Waals surface area contributed by atoms with Gasteiger partial charge in [0.05, 0.1) is 31.5 Å². The number of imidazole rings is 1. The molecule has 0 spiro atoms. The van der Waals surface area contributed by atoms with Gasteiger partial charge in [-0.2, -0.15) is 0 Å². The topological polar surface area (TPSA) is 36.3 Å². The maximum atomic E-state index is 13.7. The number of nitrogens with zero attached hydrogens (tertiary/aromatic N) is 2. The van der Waals surface area contributed by atoms with Crippen LogP contribution in [0.1, 0.15) is 18.2 Å². The molecule has 3 rings (SSSR count). The zero-order valence-corrected chi connectivity index (χ0v) is 15.4. The molecular formula is C17H18BrF3N2O2. The van der Waals surface area contributed by atoms with Gasteiger partial charge in [-0.25, -0.2) is 18.2 Å². The molecule has 0 fully saturated rings. The van der Waals surface area contributed by atoms with Crippen molar-refractivity contribution in [1.29, 1.82) is 0 Å². The lowest BCUT2D eigenvalue weighted by molar-refractivity contribution is 0.0151. The minimum Gasteiger partial charge on any atom is -0.496 e. The Labute approximate surface area is 152 Å². The molecule has 0 amide bonds. The summed E-state index contributed by atoms with van der Waals surface area (Å²) in [7, 11) is 1.35. The molecule has 4 nitrogen and oxygen atoms in total. The lowest BCUT2D eigenvalue weighted by atomic mass is 10.0. The second kappa shape index (κ2) is 6.99. The Kier molecular flexibility index (Phi) is 5.11. The predicted octanol–water partition coefficient (Wildman–Crippen LogP) is 4.34. The quantitative estimate of drug-likeness (QED) is 0.740. The highest BCUT2D eigenvalue weighted by atomic mass is 79.9. The molecule has 2 aromatic rings. The van der Waals surface area contributed by atoms with Crippen molar-refractivity contribution < 1.29 is 22.6 Å². The van der Waals surface area contributed by atoms with Crippen molar-refractivity contribution in [3.63, 3.8) is 0 Å². The van der Waals surface area contributed by atoms with Crippen LogP contribution in [0, 0.1) is 0 Å². The van der Waals surface area contributed by atoms with Gasteiger partial charge in [0.1, 0.15) is 29.0 Å². The number of halogens is 4. The molecule has 0 aliphatic carbocycles. The summed E-state index contributed by atoms with van der Waals surface area (Å²) in [5, 5.41) is 0. The molecule has 1 aromatic carbocycles. The molecule has 1 aliphatic rings. The second-order valence-corrected chi connectivity index (χ2v) is 6.74. The van der Waals surface area contributed by atoms with E-state index in [1.165, 1.54) is 19.2 Å². The Hall–Kier alpha value is -1.54. The number of fused-ring (bicyclic) bond motifs is 1. The van der Waals surface area contributed by atoms with Gasteiger partial charge in [-0.3, -0.25) is 0 Å². The van der Waals surface area contributed by atoms with Crippen molar-refractivity contribution in [3.05, 3.63) is 34.1 Å². The Balaban J connectivity index is 2.09. The highest BCUT2D eigenvalue weighted by Crippen LogP contribution is 2.38. The molecule has 0 saturated carbocycles. The molecule has 0 N–H and O–H groups in total. The van der Waals surface area contributed by atoms with E-state index in [4.69, 9.17) is 9.47 Å². The SMILES string of the molecule is COc1cc(-c2nc(Br)c3n2C[C@@H](CF)OCC3)ccc1C(C)(F)F. The average molecular weight is 419 g/mol. The molecule has 25 heavy (non-hydrogen) atoms. The van der Waals surface area contributed by atoms with E-state index >= 15 is 0 Å². The Bertz CT molecular complexity index is 774. The Morgan fingerprint density at radius 3 is 2.84 bits per heavy atom. The molecule has 8 heteroatoms. The van der Waals surface area contributed by atoms with Gasteiger partial charge < -0.3 is 14.0 Å². The van der Waals surface area contributed by atoms with Gasteiger partial charge in [0.25, 0.3) is 5.92 Å². The number of benzene rings is 1. The molecule has 136 valence electrons. The van der Waals surface area contributed by atoms with Gasteiger partial charge in [-0.05, 0) is 28.1 Å². The van der Waals surface area contributed by atoms with Gasteiger partial charge in [0.15, 0.2) is 0 Å². The van der Waals surface area contributed by atoms with Crippen molar-refractivity contribution in [3.8, 4) is 17.1 Å². The van der Waals surface area contributed by atoms with Crippen LogP contribution in [-0.4, -0.2) is 36.0 Å². The van der Waals surface area contributed by atoms with Gasteiger partial charge in [0, 0.05) is 18.9 Å². The molecular weight excluding hydrogens is 401 g/mol. The highest BCUT2D eigenvalue weighted by Gasteiger charge is 2.30. The number of alkyl halides is 3. The molecule has 0 unspecified atom stereocenters. The number of hydrogen-bond acceptors (Lipinski definition) is 3. The molecule has 2 heterocycles. The van der Waals surface area contributed by atoms with Gasteiger partial charge >= 0.3 is 0 Å². The second-order valence-electron chi connectivity index (χ2n) is 5.98. The van der Waals surface area contributed by atoms with Crippen molar-refractivity contribution in [1.82, 2.24) is 9.55 Å². The van der Waals surface area contributed by atoms with Gasteiger partial charge in [0.2, 0.25) is 0 Å². The third kappa shape index (κ3) is 3.55. The van der Waals surface area contributed by atoms with E-state index in [0.29, 0.717) is 35.6 Å². The largest absolute Gasteiger partial charge is 0.496 e. The van der Waals surface area contributed by atoms with Crippen LogP contribution in [0.4, 0.5) is 13.2 Å². The van der Waals surface area contributed by atoms with Gasteiger partial charge in [-0.1, -0.05) is 6.07 Å². The molecule has 1 aliphatic heterocycles. The average Bonchev–Trinajstić information content (AvgIpc) is 2.76. The third-order valence-corrected chi connectivity index (χ3v) is 4.84. The summed E-state index contributed by atoms with van der Waals surface area (Å²) >= 11 is 3.43. The van der Waals surface area contributed by atoms with Crippen LogP contribution in [0.5, 0.6) is 5.75 Å². The first-order valence-corrected chi connectivity index (χ1v) is 8.63. The first-order valence-electron chi connectivity index (χ1n) is 7.84. The van der Waals surface area contributed by atoms with Crippen LogP contribution in [0.3, 0.4) is 0 Å². The summed E-state index contributed by atoms with van der Waals surface area (Å²) in [5.74, 6) is -2.36. The van der Waals surface area contributed by atoms with Crippen LogP contribution in [-0.2, 0) is 23.6 Å².